The van der Waals surface area contributed by atoms with Gasteiger partial charge in [0.25, 0.3) is 0 Å². The Hall–Kier alpha value is -1.09. The van der Waals surface area contributed by atoms with Crippen molar-refractivity contribution in [2.45, 2.75) is 58.9 Å². The van der Waals surface area contributed by atoms with E-state index in [0.29, 0.717) is 12.0 Å². The lowest BCUT2D eigenvalue weighted by molar-refractivity contribution is 0.395. The zero-order valence-electron chi connectivity index (χ0n) is 13.0. The molecular formula is C16H24ClN3. The van der Waals surface area contributed by atoms with Crippen LogP contribution in [0.3, 0.4) is 0 Å². The monoisotopic (exact) mass is 293 g/mol. The molecule has 110 valence electrons. The van der Waals surface area contributed by atoms with Crippen LogP contribution in [0, 0.1) is 12.8 Å². The van der Waals surface area contributed by atoms with E-state index in [2.05, 4.69) is 36.4 Å². The van der Waals surface area contributed by atoms with Crippen LogP contribution in [-0.2, 0) is 0 Å². The number of pyridine rings is 1. The van der Waals surface area contributed by atoms with Gasteiger partial charge in [0.1, 0.15) is 11.3 Å². The van der Waals surface area contributed by atoms with Crippen molar-refractivity contribution in [3.63, 3.8) is 0 Å². The number of imidazole rings is 1. The van der Waals surface area contributed by atoms with E-state index in [1.165, 1.54) is 6.42 Å². The normalized spacial score (nSPS) is 16.3. The van der Waals surface area contributed by atoms with E-state index in [4.69, 9.17) is 16.6 Å². The molecule has 0 aliphatic heterocycles. The summed E-state index contributed by atoms with van der Waals surface area (Å²) in [6.07, 6.45) is 4.21. The first-order valence-electron chi connectivity index (χ1n) is 7.42. The van der Waals surface area contributed by atoms with Gasteiger partial charge in [0.2, 0.25) is 0 Å². The van der Waals surface area contributed by atoms with Crippen LogP contribution < -0.4 is 0 Å². The first kappa shape index (κ1) is 15.3. The number of rotatable bonds is 5. The van der Waals surface area contributed by atoms with E-state index in [0.717, 1.165) is 29.0 Å². The third-order valence-electron chi connectivity index (χ3n) is 3.93. The number of hydrogen-bond donors (Lipinski definition) is 0. The Morgan fingerprint density at radius 2 is 2.00 bits per heavy atom. The molecule has 0 aliphatic carbocycles. The summed E-state index contributed by atoms with van der Waals surface area (Å²) >= 11 is 6.32. The van der Waals surface area contributed by atoms with Crippen molar-refractivity contribution in [2.75, 3.05) is 0 Å². The molecular weight excluding hydrogens is 270 g/mol. The number of hydrogen-bond acceptors (Lipinski definition) is 2. The molecule has 0 saturated heterocycles. The number of fused-ring (bicyclic) bond motifs is 1. The molecule has 20 heavy (non-hydrogen) atoms. The zero-order valence-corrected chi connectivity index (χ0v) is 13.8. The Labute approximate surface area is 126 Å². The van der Waals surface area contributed by atoms with Crippen LogP contribution in [0.5, 0.6) is 0 Å². The topological polar surface area (TPSA) is 30.7 Å². The van der Waals surface area contributed by atoms with E-state index in [-0.39, 0.29) is 5.38 Å². The van der Waals surface area contributed by atoms with Crippen LogP contribution in [0.4, 0.5) is 0 Å². The van der Waals surface area contributed by atoms with Crippen molar-refractivity contribution in [3.05, 3.63) is 23.7 Å². The van der Waals surface area contributed by atoms with Gasteiger partial charge in [-0.2, -0.15) is 0 Å². The molecule has 0 bridgehead atoms. The van der Waals surface area contributed by atoms with Crippen LogP contribution in [0.15, 0.2) is 12.3 Å². The number of halogens is 1. The van der Waals surface area contributed by atoms with E-state index in [1.807, 2.05) is 20.0 Å². The molecule has 0 aromatic carbocycles. The molecule has 2 aromatic rings. The lowest BCUT2D eigenvalue weighted by Gasteiger charge is -2.21. The summed E-state index contributed by atoms with van der Waals surface area (Å²) < 4.78 is 2.22. The van der Waals surface area contributed by atoms with Gasteiger partial charge in [-0.1, -0.05) is 20.3 Å². The average Bonchev–Trinajstić information content (AvgIpc) is 2.76. The van der Waals surface area contributed by atoms with E-state index in [1.54, 1.807) is 0 Å². The second-order valence-corrected chi connectivity index (χ2v) is 6.56. The molecule has 2 aromatic heterocycles. The van der Waals surface area contributed by atoms with Gasteiger partial charge in [-0.3, -0.25) is 0 Å². The molecule has 0 aliphatic rings. The molecule has 4 heteroatoms. The second kappa shape index (κ2) is 6.13. The van der Waals surface area contributed by atoms with E-state index >= 15 is 0 Å². The van der Waals surface area contributed by atoms with Gasteiger partial charge in [0.15, 0.2) is 5.65 Å². The van der Waals surface area contributed by atoms with Crippen molar-refractivity contribution >= 4 is 22.8 Å². The summed E-state index contributed by atoms with van der Waals surface area (Å²) in [5.74, 6) is 1.61. The highest BCUT2D eigenvalue weighted by Gasteiger charge is 2.21. The fraction of sp³-hybridized carbons (Fsp3) is 0.625. The van der Waals surface area contributed by atoms with Gasteiger partial charge in [-0.05, 0) is 44.7 Å². The van der Waals surface area contributed by atoms with Gasteiger partial charge >= 0.3 is 0 Å². The van der Waals surface area contributed by atoms with Crippen molar-refractivity contribution < 1.29 is 0 Å². The van der Waals surface area contributed by atoms with Crippen molar-refractivity contribution in [2.24, 2.45) is 5.92 Å². The Balaban J connectivity index is 2.51. The second-order valence-electron chi connectivity index (χ2n) is 5.91. The van der Waals surface area contributed by atoms with Crippen LogP contribution in [-0.4, -0.2) is 14.5 Å². The predicted molar refractivity (Wildman–Crippen MR) is 85.3 cm³/mol. The van der Waals surface area contributed by atoms with Gasteiger partial charge in [0, 0.05) is 12.2 Å². The molecule has 3 atom stereocenters. The Morgan fingerprint density at radius 3 is 2.60 bits per heavy atom. The van der Waals surface area contributed by atoms with E-state index in [9.17, 15) is 0 Å². The summed E-state index contributed by atoms with van der Waals surface area (Å²) in [5.41, 5.74) is 3.03. The minimum absolute atomic E-state index is 0.108. The summed E-state index contributed by atoms with van der Waals surface area (Å²) in [6.45, 7) is 10.8. The van der Waals surface area contributed by atoms with Crippen molar-refractivity contribution in [3.8, 4) is 0 Å². The SMILES string of the molecule is CCC(C)CC(C)n1c(C(C)Cl)nc2cc(C)cnc21. The third kappa shape index (κ3) is 2.98. The Morgan fingerprint density at radius 1 is 1.30 bits per heavy atom. The number of nitrogens with zero attached hydrogens (tertiary/aromatic N) is 3. The molecule has 0 amide bonds. The lowest BCUT2D eigenvalue weighted by atomic mass is 10.00. The number of alkyl halides is 1. The first-order valence-corrected chi connectivity index (χ1v) is 7.86. The van der Waals surface area contributed by atoms with E-state index < -0.39 is 0 Å². The van der Waals surface area contributed by atoms with Gasteiger partial charge < -0.3 is 4.57 Å². The quantitative estimate of drug-likeness (QED) is 0.723. The highest BCUT2D eigenvalue weighted by molar-refractivity contribution is 6.20. The van der Waals surface area contributed by atoms with Crippen LogP contribution in [0.2, 0.25) is 0 Å². The maximum absolute atomic E-state index is 6.32. The highest BCUT2D eigenvalue weighted by atomic mass is 35.5. The fourth-order valence-corrected chi connectivity index (χ4v) is 2.82. The Kier molecular flexibility index (Phi) is 4.69. The average molecular weight is 294 g/mol. The summed E-state index contributed by atoms with van der Waals surface area (Å²) in [6, 6.07) is 2.44. The van der Waals surface area contributed by atoms with Crippen LogP contribution in [0.1, 0.15) is 63.3 Å². The van der Waals surface area contributed by atoms with Crippen molar-refractivity contribution in [1.29, 1.82) is 0 Å². The maximum atomic E-state index is 6.32. The first-order chi connectivity index (χ1) is 9.43. The molecule has 0 saturated carbocycles. The highest BCUT2D eigenvalue weighted by Crippen LogP contribution is 2.30. The number of aryl methyl sites for hydroxylation is 1. The third-order valence-corrected chi connectivity index (χ3v) is 4.13. The minimum Gasteiger partial charge on any atom is -0.309 e. The Bertz CT molecular complexity index is 589. The van der Waals surface area contributed by atoms with Crippen molar-refractivity contribution in [1.82, 2.24) is 14.5 Å². The molecule has 2 rings (SSSR count). The molecule has 0 N–H and O–H groups in total. The minimum atomic E-state index is -0.108. The standard InChI is InChI=1S/C16H24ClN3/c1-6-10(2)7-12(4)20-15(13(5)17)19-14-8-11(3)9-18-16(14)20/h8-10,12-13H,6-7H2,1-5H3. The largest absolute Gasteiger partial charge is 0.309 e. The van der Waals surface area contributed by atoms with Gasteiger partial charge in [0.05, 0.1) is 5.38 Å². The maximum Gasteiger partial charge on any atom is 0.160 e. The van der Waals surface area contributed by atoms with Gasteiger partial charge in [-0.25, -0.2) is 9.97 Å². The predicted octanol–water partition coefficient (Wildman–Crippen LogP) is 5.04. The van der Waals surface area contributed by atoms with Gasteiger partial charge in [-0.15, -0.1) is 11.6 Å². The fourth-order valence-electron chi connectivity index (χ4n) is 2.67. The van der Waals surface area contributed by atoms with Crippen LogP contribution in [0.25, 0.3) is 11.2 Å². The lowest BCUT2D eigenvalue weighted by Crippen LogP contribution is -2.13. The summed E-state index contributed by atoms with van der Waals surface area (Å²) in [7, 11) is 0. The molecule has 0 spiro atoms. The summed E-state index contributed by atoms with van der Waals surface area (Å²) in [4.78, 5) is 9.28. The molecule has 3 unspecified atom stereocenters. The molecule has 2 heterocycles. The molecule has 0 fully saturated rings. The number of aromatic nitrogens is 3. The zero-order chi connectivity index (χ0) is 14.9. The summed E-state index contributed by atoms with van der Waals surface area (Å²) in [5, 5.41) is -0.108. The smallest absolute Gasteiger partial charge is 0.160 e. The van der Waals surface area contributed by atoms with Crippen LogP contribution >= 0.6 is 11.6 Å². The molecule has 3 nitrogen and oxygen atoms in total. The molecule has 0 radical (unpaired) electrons.